The predicted octanol–water partition coefficient (Wildman–Crippen LogP) is 4.61. The van der Waals surface area contributed by atoms with Gasteiger partial charge in [-0.05, 0) is 42.8 Å². The normalized spacial score (nSPS) is 10.4. The van der Waals surface area contributed by atoms with Gasteiger partial charge < -0.3 is 10.5 Å². The molecular weight excluding hydrogens is 281 g/mol. The van der Waals surface area contributed by atoms with Crippen LogP contribution in [0.3, 0.4) is 0 Å². The molecule has 2 N–H and O–H groups in total. The Hall–Kier alpha value is -3.13. The third-order valence-electron chi connectivity index (χ3n) is 3.34. The highest BCUT2D eigenvalue weighted by Crippen LogP contribution is 2.33. The zero-order valence-electron chi connectivity index (χ0n) is 11.8. The molecule has 3 rings (SSSR count). The van der Waals surface area contributed by atoms with Crippen LogP contribution in [0.2, 0.25) is 0 Å². The van der Waals surface area contributed by atoms with Crippen molar-refractivity contribution in [1.29, 1.82) is 0 Å². The minimum Gasteiger partial charge on any atom is -0.457 e. The van der Waals surface area contributed by atoms with Gasteiger partial charge in [0.25, 0.3) is 0 Å². The number of aryl methyl sites for hydroxylation is 1. The molecule has 0 bridgehead atoms. The highest BCUT2D eigenvalue weighted by molar-refractivity contribution is 5.89. The minimum absolute atomic E-state index is 0.0675. The number of nitrogens with zero attached hydrogens (tertiary/aromatic N) is 2. The van der Waals surface area contributed by atoms with E-state index in [-0.39, 0.29) is 5.69 Å². The van der Waals surface area contributed by atoms with Crippen molar-refractivity contribution in [2.75, 3.05) is 5.73 Å². The summed E-state index contributed by atoms with van der Waals surface area (Å²) in [5.41, 5.74) is 7.63. The maximum Gasteiger partial charge on any atom is 0.191 e. The molecule has 0 amide bonds. The molecule has 1 aromatic heterocycles. The summed E-state index contributed by atoms with van der Waals surface area (Å²) < 4.78 is 19.2. The Bertz CT molecular complexity index is 916. The monoisotopic (exact) mass is 293 g/mol. The quantitative estimate of drug-likeness (QED) is 0.554. The second-order valence-corrected chi connectivity index (χ2v) is 4.86. The molecule has 0 radical (unpaired) electrons. The van der Waals surface area contributed by atoms with E-state index < -0.39 is 5.82 Å². The standard InChI is InChI=1S/C17H12FN3O/c1-10-7-16-12(9-15(10)20-2)17(5-6-21-16)22-11-3-4-14(19)13(18)8-11/h3-9H,19H2,1H3. The second-order valence-electron chi connectivity index (χ2n) is 4.86. The lowest BCUT2D eigenvalue weighted by atomic mass is 10.1. The lowest BCUT2D eigenvalue weighted by Gasteiger charge is -2.10. The van der Waals surface area contributed by atoms with Crippen LogP contribution in [0.1, 0.15) is 5.56 Å². The highest BCUT2D eigenvalue weighted by Gasteiger charge is 2.09. The minimum atomic E-state index is -0.534. The van der Waals surface area contributed by atoms with Crippen molar-refractivity contribution in [2.45, 2.75) is 6.92 Å². The van der Waals surface area contributed by atoms with Crippen molar-refractivity contribution in [1.82, 2.24) is 4.98 Å². The van der Waals surface area contributed by atoms with Gasteiger partial charge in [-0.15, -0.1) is 0 Å². The predicted molar refractivity (Wildman–Crippen MR) is 83.6 cm³/mol. The van der Waals surface area contributed by atoms with Crippen LogP contribution in [0.5, 0.6) is 11.5 Å². The number of halogens is 1. The molecule has 0 aliphatic rings. The first-order valence-electron chi connectivity index (χ1n) is 6.58. The molecule has 0 unspecified atom stereocenters. The lowest BCUT2D eigenvalue weighted by Crippen LogP contribution is -1.92. The van der Waals surface area contributed by atoms with Crippen LogP contribution in [0.4, 0.5) is 15.8 Å². The van der Waals surface area contributed by atoms with Crippen molar-refractivity contribution in [2.24, 2.45) is 0 Å². The Morgan fingerprint density at radius 2 is 2.05 bits per heavy atom. The number of nitrogen functional groups attached to an aromatic ring is 1. The van der Waals surface area contributed by atoms with Gasteiger partial charge in [-0.25, -0.2) is 9.24 Å². The van der Waals surface area contributed by atoms with Crippen LogP contribution in [-0.2, 0) is 0 Å². The Labute approximate surface area is 126 Å². The first-order valence-corrected chi connectivity index (χ1v) is 6.58. The molecule has 5 heteroatoms. The van der Waals surface area contributed by atoms with Crippen LogP contribution >= 0.6 is 0 Å². The number of pyridine rings is 1. The zero-order valence-corrected chi connectivity index (χ0v) is 11.8. The molecule has 108 valence electrons. The Morgan fingerprint density at radius 3 is 2.77 bits per heavy atom. The maximum atomic E-state index is 13.5. The van der Waals surface area contributed by atoms with Gasteiger partial charge in [0.15, 0.2) is 5.69 Å². The van der Waals surface area contributed by atoms with E-state index >= 15 is 0 Å². The van der Waals surface area contributed by atoms with E-state index in [0.29, 0.717) is 22.6 Å². The molecule has 1 heterocycles. The largest absolute Gasteiger partial charge is 0.457 e. The van der Waals surface area contributed by atoms with E-state index in [1.807, 2.05) is 13.0 Å². The Balaban J connectivity index is 2.10. The van der Waals surface area contributed by atoms with Crippen molar-refractivity contribution in [3.05, 3.63) is 65.4 Å². The summed E-state index contributed by atoms with van der Waals surface area (Å²) in [4.78, 5) is 7.76. The van der Waals surface area contributed by atoms with E-state index in [2.05, 4.69) is 9.83 Å². The lowest BCUT2D eigenvalue weighted by molar-refractivity contribution is 0.482. The van der Waals surface area contributed by atoms with Gasteiger partial charge in [0.1, 0.15) is 17.3 Å². The molecule has 2 aromatic carbocycles. The van der Waals surface area contributed by atoms with Crippen molar-refractivity contribution in [3.8, 4) is 11.5 Å². The van der Waals surface area contributed by atoms with Crippen LogP contribution in [0.15, 0.2) is 42.6 Å². The topological polar surface area (TPSA) is 52.5 Å². The van der Waals surface area contributed by atoms with Crippen LogP contribution in [0, 0.1) is 19.3 Å². The van der Waals surface area contributed by atoms with Crippen molar-refractivity contribution >= 4 is 22.3 Å². The second kappa shape index (κ2) is 5.34. The number of anilines is 1. The van der Waals surface area contributed by atoms with E-state index in [4.69, 9.17) is 17.0 Å². The van der Waals surface area contributed by atoms with Gasteiger partial charge in [0.05, 0.1) is 17.8 Å². The maximum absolute atomic E-state index is 13.5. The number of aromatic nitrogens is 1. The molecule has 0 aliphatic heterocycles. The molecule has 0 spiro atoms. The number of benzene rings is 2. The van der Waals surface area contributed by atoms with E-state index in [0.717, 1.165) is 11.1 Å². The van der Waals surface area contributed by atoms with Crippen molar-refractivity contribution < 1.29 is 9.13 Å². The summed E-state index contributed by atoms with van der Waals surface area (Å²) >= 11 is 0. The van der Waals surface area contributed by atoms with Gasteiger partial charge in [-0.3, -0.25) is 4.98 Å². The molecule has 0 fully saturated rings. The zero-order chi connectivity index (χ0) is 15.7. The summed E-state index contributed by atoms with van der Waals surface area (Å²) in [7, 11) is 0. The van der Waals surface area contributed by atoms with Crippen LogP contribution < -0.4 is 10.5 Å². The van der Waals surface area contributed by atoms with Crippen LogP contribution in [0.25, 0.3) is 15.7 Å². The van der Waals surface area contributed by atoms with Crippen LogP contribution in [-0.4, -0.2) is 4.98 Å². The molecule has 0 saturated heterocycles. The fraction of sp³-hybridized carbons (Fsp3) is 0.0588. The number of hydrogen-bond acceptors (Lipinski definition) is 3. The summed E-state index contributed by atoms with van der Waals surface area (Å²) in [5.74, 6) is 0.316. The number of ether oxygens (including phenoxy) is 1. The molecule has 0 aliphatic carbocycles. The fourth-order valence-corrected chi connectivity index (χ4v) is 2.17. The van der Waals surface area contributed by atoms with E-state index in [9.17, 15) is 4.39 Å². The summed E-state index contributed by atoms with van der Waals surface area (Å²) in [6.45, 7) is 9.06. The molecule has 0 atom stereocenters. The summed E-state index contributed by atoms with van der Waals surface area (Å²) in [5, 5.41) is 0.705. The first-order chi connectivity index (χ1) is 10.6. The summed E-state index contributed by atoms with van der Waals surface area (Å²) in [6.07, 6.45) is 1.61. The van der Waals surface area contributed by atoms with Gasteiger partial charge in [0.2, 0.25) is 0 Å². The van der Waals surface area contributed by atoms with Crippen molar-refractivity contribution in [3.63, 3.8) is 0 Å². The number of rotatable bonds is 2. The first kappa shape index (κ1) is 13.8. The number of nitrogens with two attached hydrogens (primary N) is 1. The number of hydrogen-bond donors (Lipinski definition) is 1. The average Bonchev–Trinajstić information content (AvgIpc) is 2.50. The Morgan fingerprint density at radius 1 is 1.23 bits per heavy atom. The third-order valence-corrected chi connectivity index (χ3v) is 3.34. The Kier molecular flexibility index (Phi) is 3.36. The number of fused-ring (bicyclic) bond motifs is 1. The van der Waals surface area contributed by atoms with E-state index in [1.165, 1.54) is 12.1 Å². The molecule has 22 heavy (non-hydrogen) atoms. The van der Waals surface area contributed by atoms with Gasteiger partial charge in [0, 0.05) is 17.6 Å². The van der Waals surface area contributed by atoms with Gasteiger partial charge >= 0.3 is 0 Å². The average molecular weight is 293 g/mol. The molecule has 3 aromatic rings. The molecular formula is C17H12FN3O. The molecule has 0 saturated carbocycles. The smallest absolute Gasteiger partial charge is 0.191 e. The SMILES string of the molecule is [C-]#[N+]c1cc2c(Oc3ccc(N)c(F)c3)ccnc2cc1C. The third kappa shape index (κ3) is 2.42. The highest BCUT2D eigenvalue weighted by atomic mass is 19.1. The molecule has 4 nitrogen and oxygen atoms in total. The van der Waals surface area contributed by atoms with E-state index in [1.54, 1.807) is 24.4 Å². The summed E-state index contributed by atoms with van der Waals surface area (Å²) in [6, 6.07) is 9.51. The van der Waals surface area contributed by atoms with Gasteiger partial charge in [-0.2, -0.15) is 0 Å². The fourth-order valence-electron chi connectivity index (χ4n) is 2.17. The van der Waals surface area contributed by atoms with Gasteiger partial charge in [-0.1, -0.05) is 0 Å².